The van der Waals surface area contributed by atoms with Crippen LogP contribution < -0.4 is 5.32 Å². The number of benzene rings is 1. The van der Waals surface area contributed by atoms with Crippen LogP contribution >= 0.6 is 23.2 Å². The fourth-order valence-corrected chi connectivity index (χ4v) is 3.28. The van der Waals surface area contributed by atoms with Crippen molar-refractivity contribution >= 4 is 29.3 Å². The van der Waals surface area contributed by atoms with Crippen LogP contribution in [0.5, 0.6) is 0 Å². The Morgan fingerprint density at radius 1 is 1.21 bits per heavy atom. The highest BCUT2D eigenvalue weighted by molar-refractivity contribution is 6.42. The van der Waals surface area contributed by atoms with E-state index in [2.05, 4.69) is 5.32 Å². The summed E-state index contributed by atoms with van der Waals surface area (Å²) in [6.07, 6.45) is 2.18. The summed E-state index contributed by atoms with van der Waals surface area (Å²) in [5.74, 6) is 0.622. The molecule has 1 aromatic rings. The number of halogens is 2. The molecule has 2 heterocycles. The van der Waals surface area contributed by atoms with E-state index < -0.39 is 0 Å². The molecule has 2 aliphatic heterocycles. The smallest absolute Gasteiger partial charge is 0.407 e. The summed E-state index contributed by atoms with van der Waals surface area (Å²) >= 11 is 12.0. The number of ether oxygens (including phenoxy) is 3. The maximum Gasteiger partial charge on any atom is 0.407 e. The molecule has 3 unspecified atom stereocenters. The summed E-state index contributed by atoms with van der Waals surface area (Å²) in [4.78, 5) is 10.9. The number of cyclic esters (lactones) is 1. The van der Waals surface area contributed by atoms with Gasteiger partial charge in [0.15, 0.2) is 6.29 Å². The molecule has 1 amide bonds. The number of amides is 1. The first-order chi connectivity index (χ1) is 11.6. The van der Waals surface area contributed by atoms with Gasteiger partial charge in [-0.25, -0.2) is 4.79 Å². The van der Waals surface area contributed by atoms with Gasteiger partial charge >= 0.3 is 6.09 Å². The predicted octanol–water partition coefficient (Wildman–Crippen LogP) is 3.98. The topological polar surface area (TPSA) is 56.8 Å². The second kappa shape index (κ2) is 8.39. The van der Waals surface area contributed by atoms with Crippen molar-refractivity contribution < 1.29 is 19.0 Å². The number of alkyl carbamates (subject to hydrolysis) is 1. The van der Waals surface area contributed by atoms with Gasteiger partial charge in [-0.1, -0.05) is 29.3 Å². The monoisotopic (exact) mass is 373 g/mol. The number of nitrogens with one attached hydrogen (secondary N) is 1. The molecule has 0 radical (unpaired) electrons. The van der Waals surface area contributed by atoms with Gasteiger partial charge in [-0.15, -0.1) is 0 Å². The first kappa shape index (κ1) is 17.8. The van der Waals surface area contributed by atoms with Crippen LogP contribution in [-0.4, -0.2) is 38.7 Å². The third kappa shape index (κ3) is 4.76. The normalized spacial score (nSPS) is 27.4. The number of hydrogen-bond donors (Lipinski definition) is 1. The van der Waals surface area contributed by atoms with Crippen LogP contribution in [0.3, 0.4) is 0 Å². The summed E-state index contributed by atoms with van der Waals surface area (Å²) in [6, 6.07) is 5.74. The lowest BCUT2D eigenvalue weighted by Crippen LogP contribution is -2.39. The molecule has 0 aliphatic carbocycles. The second-order valence-electron chi connectivity index (χ2n) is 6.22. The maximum atomic E-state index is 10.9. The Labute approximate surface area is 151 Å². The van der Waals surface area contributed by atoms with Crippen LogP contribution in [0.4, 0.5) is 4.79 Å². The van der Waals surface area contributed by atoms with E-state index in [9.17, 15) is 4.79 Å². The van der Waals surface area contributed by atoms with Gasteiger partial charge in [0.25, 0.3) is 0 Å². The van der Waals surface area contributed by atoms with Crippen molar-refractivity contribution in [3.05, 3.63) is 33.8 Å². The largest absolute Gasteiger partial charge is 0.449 e. The van der Waals surface area contributed by atoms with Crippen LogP contribution in [0.15, 0.2) is 18.2 Å². The second-order valence-corrected chi connectivity index (χ2v) is 7.03. The molecular formula is C17H21Cl2NO4. The Hall–Kier alpha value is -1.01. The van der Waals surface area contributed by atoms with Gasteiger partial charge in [0.1, 0.15) is 0 Å². The number of rotatable bonds is 5. The molecule has 0 saturated carbocycles. The van der Waals surface area contributed by atoms with Crippen molar-refractivity contribution in [1.29, 1.82) is 0 Å². The Kier molecular flexibility index (Phi) is 6.22. The fraction of sp³-hybridized carbons (Fsp3) is 0.588. The van der Waals surface area contributed by atoms with Crippen molar-refractivity contribution in [3.63, 3.8) is 0 Å². The molecular weight excluding hydrogens is 353 g/mol. The number of hydrogen-bond acceptors (Lipinski definition) is 4. The van der Waals surface area contributed by atoms with Crippen LogP contribution in [0.1, 0.15) is 30.7 Å². The fourth-order valence-electron chi connectivity index (χ4n) is 2.97. The van der Waals surface area contributed by atoms with Crippen LogP contribution in [0.25, 0.3) is 0 Å². The SMILES string of the molecule is O=C1NCC(CCOC2CCC(c3ccc(Cl)c(Cl)c3)CO2)CO1. The van der Waals surface area contributed by atoms with Gasteiger partial charge in [-0.2, -0.15) is 0 Å². The molecule has 132 valence electrons. The summed E-state index contributed by atoms with van der Waals surface area (Å²) < 4.78 is 16.6. The highest BCUT2D eigenvalue weighted by Crippen LogP contribution is 2.32. The minimum absolute atomic E-state index is 0.164. The molecule has 1 N–H and O–H groups in total. The first-order valence-corrected chi connectivity index (χ1v) is 8.96. The summed E-state index contributed by atoms with van der Waals surface area (Å²) in [5, 5.41) is 3.83. The number of carbonyl (C=O) groups excluding carboxylic acids is 1. The average molecular weight is 374 g/mol. The lowest BCUT2D eigenvalue weighted by molar-refractivity contribution is -0.169. The van der Waals surface area contributed by atoms with Gasteiger partial charge in [0.2, 0.25) is 0 Å². The molecule has 0 aromatic heterocycles. The van der Waals surface area contributed by atoms with Crippen molar-refractivity contribution in [3.8, 4) is 0 Å². The molecule has 24 heavy (non-hydrogen) atoms. The Morgan fingerprint density at radius 2 is 2.08 bits per heavy atom. The van der Waals surface area contributed by atoms with Gasteiger partial charge in [-0.05, 0) is 37.0 Å². The van der Waals surface area contributed by atoms with Crippen molar-refractivity contribution in [2.45, 2.75) is 31.5 Å². The third-order valence-corrected chi connectivity index (χ3v) is 5.20. The van der Waals surface area contributed by atoms with E-state index in [0.29, 0.717) is 48.2 Å². The molecule has 7 heteroatoms. The predicted molar refractivity (Wildman–Crippen MR) is 91.6 cm³/mol. The summed E-state index contributed by atoms with van der Waals surface area (Å²) in [6.45, 7) is 2.32. The molecule has 2 aliphatic rings. The molecule has 2 fully saturated rings. The molecule has 1 aromatic carbocycles. The Balaban J connectivity index is 1.37. The maximum absolute atomic E-state index is 10.9. The van der Waals surface area contributed by atoms with E-state index in [1.54, 1.807) is 0 Å². The van der Waals surface area contributed by atoms with Crippen LogP contribution in [-0.2, 0) is 14.2 Å². The number of carbonyl (C=O) groups is 1. The van der Waals surface area contributed by atoms with E-state index in [1.807, 2.05) is 18.2 Å². The molecule has 0 spiro atoms. The zero-order valence-electron chi connectivity index (χ0n) is 13.3. The van der Waals surface area contributed by atoms with Crippen molar-refractivity contribution in [2.24, 2.45) is 5.92 Å². The van der Waals surface area contributed by atoms with E-state index >= 15 is 0 Å². The van der Waals surface area contributed by atoms with Crippen LogP contribution in [0, 0.1) is 5.92 Å². The van der Waals surface area contributed by atoms with Crippen molar-refractivity contribution in [2.75, 3.05) is 26.4 Å². The zero-order valence-corrected chi connectivity index (χ0v) is 14.8. The zero-order chi connectivity index (χ0) is 16.9. The molecule has 0 bridgehead atoms. The average Bonchev–Trinajstić information content (AvgIpc) is 2.60. The van der Waals surface area contributed by atoms with Crippen molar-refractivity contribution in [1.82, 2.24) is 5.32 Å². The molecule has 3 rings (SSSR count). The summed E-state index contributed by atoms with van der Waals surface area (Å²) in [5.41, 5.74) is 1.15. The van der Waals surface area contributed by atoms with E-state index in [4.69, 9.17) is 37.4 Å². The molecule has 3 atom stereocenters. The first-order valence-electron chi connectivity index (χ1n) is 8.20. The van der Waals surface area contributed by atoms with E-state index in [-0.39, 0.29) is 12.4 Å². The van der Waals surface area contributed by atoms with Crippen LogP contribution in [0.2, 0.25) is 10.0 Å². The highest BCUT2D eigenvalue weighted by Gasteiger charge is 2.25. The third-order valence-electron chi connectivity index (χ3n) is 4.46. The molecule has 5 nitrogen and oxygen atoms in total. The van der Waals surface area contributed by atoms with E-state index in [1.165, 1.54) is 0 Å². The standard InChI is InChI=1S/C17H21Cl2NO4/c18-14-3-1-12(7-15(14)19)13-2-4-16(23-10-13)22-6-5-11-8-20-17(21)24-9-11/h1,3,7,11,13,16H,2,4-6,8-10H2,(H,20,21). The Bertz CT molecular complexity index is 566. The highest BCUT2D eigenvalue weighted by atomic mass is 35.5. The van der Waals surface area contributed by atoms with Gasteiger partial charge < -0.3 is 19.5 Å². The molecule has 2 saturated heterocycles. The van der Waals surface area contributed by atoms with Gasteiger partial charge in [0.05, 0.1) is 29.9 Å². The van der Waals surface area contributed by atoms with Gasteiger partial charge in [-0.3, -0.25) is 0 Å². The Morgan fingerprint density at radius 3 is 2.75 bits per heavy atom. The minimum atomic E-state index is -0.337. The quantitative estimate of drug-likeness (QED) is 0.847. The lowest BCUT2D eigenvalue weighted by atomic mass is 9.93. The lowest BCUT2D eigenvalue weighted by Gasteiger charge is -2.30. The minimum Gasteiger partial charge on any atom is -0.449 e. The van der Waals surface area contributed by atoms with Gasteiger partial charge in [0, 0.05) is 18.4 Å². The van der Waals surface area contributed by atoms with E-state index in [0.717, 1.165) is 24.8 Å². The summed E-state index contributed by atoms with van der Waals surface area (Å²) in [7, 11) is 0.